The summed E-state index contributed by atoms with van der Waals surface area (Å²) in [4.78, 5) is 26.7. The minimum absolute atomic E-state index is 0.155. The fourth-order valence-electron chi connectivity index (χ4n) is 3.04. The van der Waals surface area contributed by atoms with E-state index in [2.05, 4.69) is 5.10 Å². The maximum Gasteiger partial charge on any atom is 0.274 e. The van der Waals surface area contributed by atoms with Crippen LogP contribution in [0, 0.1) is 5.82 Å². The molecule has 0 spiro atoms. The average Bonchev–Trinajstić information content (AvgIpc) is 2.68. The highest BCUT2D eigenvalue weighted by Gasteiger charge is 2.31. The molecule has 0 radical (unpaired) electrons. The van der Waals surface area contributed by atoms with Gasteiger partial charge in [-0.25, -0.2) is 9.40 Å². The van der Waals surface area contributed by atoms with Gasteiger partial charge in [0, 0.05) is 18.9 Å². The second kappa shape index (κ2) is 6.59. The number of fused-ring (bicyclic) bond motifs is 1. The Bertz CT molecular complexity index is 898. The maximum absolute atomic E-state index is 13.4. The first-order valence-corrected chi connectivity index (χ1v) is 8.33. The van der Waals surface area contributed by atoms with Gasteiger partial charge in [-0.3, -0.25) is 9.59 Å². The van der Waals surface area contributed by atoms with Crippen LogP contribution in [-0.2, 0) is 9.59 Å². The fourth-order valence-corrected chi connectivity index (χ4v) is 3.04. The van der Waals surface area contributed by atoms with Gasteiger partial charge in [0.05, 0.1) is 17.9 Å². The van der Waals surface area contributed by atoms with E-state index in [1.54, 1.807) is 24.3 Å². The molecule has 2 aliphatic heterocycles. The molecular formula is C19H16FN3O3. The zero-order chi connectivity index (χ0) is 18.1. The topological polar surface area (TPSA) is 62.2 Å². The standard InChI is InChI=1S/C19H16FN3O3/c20-13-6-8-16-17(12-13)26-11-10-22(16)19(25)15-7-9-18(24)23(21-15)14-4-2-1-3-5-14/h1-6,8,12H,7,9-11H2. The molecule has 0 atom stereocenters. The summed E-state index contributed by atoms with van der Waals surface area (Å²) in [7, 11) is 0. The molecule has 0 unspecified atom stereocenters. The third kappa shape index (κ3) is 2.92. The second-order valence-corrected chi connectivity index (χ2v) is 6.01. The van der Waals surface area contributed by atoms with Gasteiger partial charge in [0.1, 0.15) is 23.9 Å². The summed E-state index contributed by atoms with van der Waals surface area (Å²) in [6.07, 6.45) is 0.481. The molecule has 7 heteroatoms. The number of anilines is 2. The second-order valence-electron chi connectivity index (χ2n) is 6.01. The van der Waals surface area contributed by atoms with Crippen molar-refractivity contribution in [3.63, 3.8) is 0 Å². The minimum Gasteiger partial charge on any atom is -0.489 e. The number of benzene rings is 2. The zero-order valence-corrected chi connectivity index (χ0v) is 13.9. The molecule has 2 aliphatic rings. The van der Waals surface area contributed by atoms with E-state index in [1.165, 1.54) is 28.1 Å². The van der Waals surface area contributed by atoms with Crippen LogP contribution >= 0.6 is 0 Å². The molecule has 2 aromatic rings. The lowest BCUT2D eigenvalue weighted by molar-refractivity contribution is -0.118. The molecule has 6 nitrogen and oxygen atoms in total. The molecule has 0 aliphatic carbocycles. The molecule has 2 amide bonds. The lowest BCUT2D eigenvalue weighted by atomic mass is 10.1. The van der Waals surface area contributed by atoms with E-state index in [4.69, 9.17) is 4.74 Å². The van der Waals surface area contributed by atoms with E-state index in [0.29, 0.717) is 29.4 Å². The van der Waals surface area contributed by atoms with Crippen LogP contribution in [0.1, 0.15) is 12.8 Å². The molecular weight excluding hydrogens is 337 g/mol. The summed E-state index contributed by atoms with van der Waals surface area (Å²) in [5.41, 5.74) is 1.42. The lowest BCUT2D eigenvalue weighted by Crippen LogP contribution is -2.45. The van der Waals surface area contributed by atoms with Crippen LogP contribution in [0.3, 0.4) is 0 Å². The summed E-state index contributed by atoms with van der Waals surface area (Å²) in [5, 5.41) is 5.56. The number of nitrogens with zero attached hydrogens (tertiary/aromatic N) is 3. The van der Waals surface area contributed by atoms with E-state index >= 15 is 0 Å². The number of ether oxygens (including phenoxy) is 1. The highest BCUT2D eigenvalue weighted by Crippen LogP contribution is 2.33. The number of halogens is 1. The van der Waals surface area contributed by atoms with Gasteiger partial charge in [-0.1, -0.05) is 18.2 Å². The number of rotatable bonds is 2. The van der Waals surface area contributed by atoms with Crippen LogP contribution in [0.4, 0.5) is 15.8 Å². The smallest absolute Gasteiger partial charge is 0.274 e. The van der Waals surface area contributed by atoms with Crippen molar-refractivity contribution in [1.82, 2.24) is 0 Å². The molecule has 0 saturated heterocycles. The highest BCUT2D eigenvalue weighted by molar-refractivity contribution is 6.45. The molecule has 0 N–H and O–H groups in total. The molecule has 0 fully saturated rings. The first kappa shape index (κ1) is 16.3. The van der Waals surface area contributed by atoms with Crippen molar-refractivity contribution in [3.8, 4) is 5.75 Å². The van der Waals surface area contributed by atoms with E-state index in [9.17, 15) is 14.0 Å². The van der Waals surface area contributed by atoms with Crippen molar-refractivity contribution in [2.45, 2.75) is 12.8 Å². The summed E-state index contributed by atoms with van der Waals surface area (Å²) in [5.74, 6) is -0.544. The molecule has 132 valence electrons. The number of hydrogen-bond acceptors (Lipinski definition) is 4. The van der Waals surface area contributed by atoms with E-state index in [0.717, 1.165) is 0 Å². The predicted octanol–water partition coefficient (Wildman–Crippen LogP) is 2.73. The van der Waals surface area contributed by atoms with E-state index in [-0.39, 0.29) is 31.3 Å². The van der Waals surface area contributed by atoms with Crippen LogP contribution in [0.15, 0.2) is 53.6 Å². The van der Waals surface area contributed by atoms with Crippen LogP contribution in [0.2, 0.25) is 0 Å². The van der Waals surface area contributed by atoms with Crippen molar-refractivity contribution in [2.24, 2.45) is 5.10 Å². The summed E-state index contributed by atoms with van der Waals surface area (Å²) >= 11 is 0. The van der Waals surface area contributed by atoms with Gasteiger partial charge < -0.3 is 9.64 Å². The quantitative estimate of drug-likeness (QED) is 0.834. The van der Waals surface area contributed by atoms with Gasteiger partial charge in [0.25, 0.3) is 5.91 Å². The van der Waals surface area contributed by atoms with Crippen molar-refractivity contribution >= 4 is 28.9 Å². The Morgan fingerprint density at radius 3 is 2.73 bits per heavy atom. The van der Waals surface area contributed by atoms with Gasteiger partial charge in [0.15, 0.2) is 0 Å². The summed E-state index contributed by atoms with van der Waals surface area (Å²) in [6, 6.07) is 13.1. The van der Waals surface area contributed by atoms with Crippen molar-refractivity contribution in [1.29, 1.82) is 0 Å². The van der Waals surface area contributed by atoms with Gasteiger partial charge in [-0.05, 0) is 24.3 Å². The summed E-state index contributed by atoms with van der Waals surface area (Å²) in [6.45, 7) is 0.618. The van der Waals surface area contributed by atoms with Crippen LogP contribution in [0.5, 0.6) is 5.75 Å². The molecule has 0 bridgehead atoms. The predicted molar refractivity (Wildman–Crippen MR) is 94.8 cm³/mol. The number of carbonyl (C=O) groups is 2. The SMILES string of the molecule is O=C(C1=NN(c2ccccc2)C(=O)CC1)N1CCOc2cc(F)ccc21. The van der Waals surface area contributed by atoms with Crippen LogP contribution in [-0.4, -0.2) is 30.7 Å². The molecule has 0 aromatic heterocycles. The number of para-hydroxylation sites is 1. The monoisotopic (exact) mass is 353 g/mol. The van der Waals surface area contributed by atoms with Crippen molar-refractivity contribution in [2.75, 3.05) is 23.1 Å². The average molecular weight is 353 g/mol. The third-order valence-electron chi connectivity index (χ3n) is 4.31. The van der Waals surface area contributed by atoms with E-state index in [1.807, 2.05) is 6.07 Å². The van der Waals surface area contributed by atoms with E-state index < -0.39 is 5.82 Å². The van der Waals surface area contributed by atoms with Crippen LogP contribution in [0.25, 0.3) is 0 Å². The Morgan fingerprint density at radius 2 is 1.92 bits per heavy atom. The first-order valence-electron chi connectivity index (χ1n) is 8.33. The van der Waals surface area contributed by atoms with Gasteiger partial charge in [0.2, 0.25) is 5.91 Å². The molecule has 4 rings (SSSR count). The van der Waals surface area contributed by atoms with Crippen molar-refractivity contribution < 1.29 is 18.7 Å². The Labute approximate surface area is 149 Å². The van der Waals surface area contributed by atoms with Gasteiger partial charge in [-0.2, -0.15) is 5.10 Å². The Balaban J connectivity index is 1.66. The van der Waals surface area contributed by atoms with Crippen LogP contribution < -0.4 is 14.6 Å². The minimum atomic E-state index is -0.422. The maximum atomic E-state index is 13.4. The Hall–Kier alpha value is -3.22. The first-order chi connectivity index (χ1) is 12.6. The number of carbonyl (C=O) groups excluding carboxylic acids is 2. The molecule has 2 aromatic carbocycles. The fraction of sp³-hybridized carbons (Fsp3) is 0.211. The van der Waals surface area contributed by atoms with Gasteiger partial charge in [-0.15, -0.1) is 0 Å². The molecule has 2 heterocycles. The third-order valence-corrected chi connectivity index (χ3v) is 4.31. The molecule has 0 saturated carbocycles. The van der Waals surface area contributed by atoms with Crippen molar-refractivity contribution in [3.05, 3.63) is 54.3 Å². The summed E-state index contributed by atoms with van der Waals surface area (Å²) < 4.78 is 18.8. The Morgan fingerprint density at radius 1 is 1.12 bits per heavy atom. The largest absolute Gasteiger partial charge is 0.489 e. The highest BCUT2D eigenvalue weighted by atomic mass is 19.1. The zero-order valence-electron chi connectivity index (χ0n) is 13.9. The number of hydrogen-bond donors (Lipinski definition) is 0. The molecule has 26 heavy (non-hydrogen) atoms. The normalized spacial score (nSPS) is 16.7. The number of amides is 2. The lowest BCUT2D eigenvalue weighted by Gasteiger charge is -2.31. The Kier molecular flexibility index (Phi) is 4.12. The van der Waals surface area contributed by atoms with Gasteiger partial charge >= 0.3 is 0 Å². The number of hydrazone groups is 1.